The first-order valence-electron chi connectivity index (χ1n) is 5.87. The van der Waals surface area contributed by atoms with E-state index >= 15 is 0 Å². The van der Waals surface area contributed by atoms with Gasteiger partial charge in [-0.25, -0.2) is 4.90 Å². The van der Waals surface area contributed by atoms with E-state index in [4.69, 9.17) is 10.8 Å². The van der Waals surface area contributed by atoms with Gasteiger partial charge in [-0.1, -0.05) is 6.92 Å². The molecule has 0 spiro atoms. The average molecular weight is 262 g/mol. The molecule has 0 saturated carbocycles. The summed E-state index contributed by atoms with van der Waals surface area (Å²) < 4.78 is 0. The molecule has 3 N–H and O–H groups in total. The first-order chi connectivity index (χ1) is 8.90. The molecule has 19 heavy (non-hydrogen) atoms. The molecule has 0 bridgehead atoms. The van der Waals surface area contributed by atoms with Crippen molar-refractivity contribution in [3.63, 3.8) is 0 Å². The molecule has 2 amide bonds. The fourth-order valence-electron chi connectivity index (χ4n) is 2.15. The summed E-state index contributed by atoms with van der Waals surface area (Å²) in [6.07, 6.45) is -0.182. The van der Waals surface area contributed by atoms with Crippen molar-refractivity contribution in [3.05, 3.63) is 23.8 Å². The smallest absolute Gasteiger partial charge is 0.304 e. The highest BCUT2D eigenvalue weighted by atomic mass is 16.4. The Labute approximate surface area is 109 Å². The summed E-state index contributed by atoms with van der Waals surface area (Å²) in [5, 5.41) is 8.70. The quantitative estimate of drug-likeness (QED) is 0.784. The maximum Gasteiger partial charge on any atom is 0.304 e. The van der Waals surface area contributed by atoms with Crippen LogP contribution in [0.1, 0.15) is 18.9 Å². The van der Waals surface area contributed by atoms with Gasteiger partial charge in [0.2, 0.25) is 11.8 Å². The molecule has 2 rings (SSSR count). The summed E-state index contributed by atoms with van der Waals surface area (Å²) in [4.78, 5) is 35.7. The molecule has 1 aromatic rings. The van der Waals surface area contributed by atoms with Crippen LogP contribution < -0.4 is 10.6 Å². The van der Waals surface area contributed by atoms with Crippen LogP contribution in [0.15, 0.2) is 18.2 Å². The van der Waals surface area contributed by atoms with Crippen LogP contribution in [0.3, 0.4) is 0 Å². The number of nitrogens with two attached hydrogens (primary N) is 1. The lowest BCUT2D eigenvalue weighted by Gasteiger charge is -2.19. The van der Waals surface area contributed by atoms with Crippen molar-refractivity contribution in [1.82, 2.24) is 0 Å². The van der Waals surface area contributed by atoms with E-state index in [-0.39, 0.29) is 18.7 Å². The molecule has 1 atom stereocenters. The third-order valence-electron chi connectivity index (χ3n) is 3.06. The van der Waals surface area contributed by atoms with Gasteiger partial charge in [-0.2, -0.15) is 0 Å². The molecule has 1 aliphatic heterocycles. The van der Waals surface area contributed by atoms with Crippen molar-refractivity contribution in [1.29, 1.82) is 0 Å². The number of anilines is 2. The van der Waals surface area contributed by atoms with E-state index in [1.165, 1.54) is 6.92 Å². The van der Waals surface area contributed by atoms with Gasteiger partial charge in [0.15, 0.2) is 0 Å². The molecule has 0 aromatic heterocycles. The molecule has 0 fully saturated rings. The van der Waals surface area contributed by atoms with E-state index in [9.17, 15) is 14.4 Å². The third-order valence-corrected chi connectivity index (χ3v) is 3.06. The number of imide groups is 1. The molecule has 1 aliphatic rings. The van der Waals surface area contributed by atoms with Gasteiger partial charge in [0.05, 0.1) is 18.5 Å². The summed E-state index contributed by atoms with van der Waals surface area (Å²) in [7, 11) is 0. The second-order valence-corrected chi connectivity index (χ2v) is 4.63. The Morgan fingerprint density at radius 3 is 2.79 bits per heavy atom. The number of carbonyl (C=O) groups is 3. The van der Waals surface area contributed by atoms with Crippen LogP contribution in [0, 0.1) is 5.92 Å². The lowest BCUT2D eigenvalue weighted by molar-refractivity contribution is -0.141. The summed E-state index contributed by atoms with van der Waals surface area (Å²) in [6.45, 7) is 1.50. The number of carboxylic acids is 1. The molecule has 100 valence electrons. The Hall–Kier alpha value is -2.37. The van der Waals surface area contributed by atoms with Crippen LogP contribution in [-0.2, 0) is 20.8 Å². The first-order valence-corrected chi connectivity index (χ1v) is 5.87. The molecule has 1 unspecified atom stereocenters. The minimum absolute atomic E-state index is 0.117. The lowest BCUT2D eigenvalue weighted by atomic mass is 10.1. The summed E-state index contributed by atoms with van der Waals surface area (Å²) in [5.74, 6) is -2.64. The van der Waals surface area contributed by atoms with Crippen LogP contribution in [0.5, 0.6) is 0 Å². The van der Waals surface area contributed by atoms with E-state index in [2.05, 4.69) is 0 Å². The number of amides is 2. The maximum absolute atomic E-state index is 12.1. The number of benzene rings is 1. The van der Waals surface area contributed by atoms with Crippen molar-refractivity contribution in [2.24, 2.45) is 5.92 Å². The first kappa shape index (κ1) is 13.1. The van der Waals surface area contributed by atoms with Gasteiger partial charge in [-0.05, 0) is 23.8 Å². The molecular formula is C13H14N2O4. The number of rotatable bonds is 3. The highest BCUT2D eigenvalue weighted by Crippen LogP contribution is 2.31. The van der Waals surface area contributed by atoms with Crippen LogP contribution in [0.2, 0.25) is 0 Å². The van der Waals surface area contributed by atoms with Gasteiger partial charge in [0.1, 0.15) is 0 Å². The average Bonchev–Trinajstić information content (AvgIpc) is 2.62. The van der Waals surface area contributed by atoms with E-state index in [1.54, 1.807) is 18.2 Å². The largest absolute Gasteiger partial charge is 0.481 e. The summed E-state index contributed by atoms with van der Waals surface area (Å²) >= 11 is 0. The van der Waals surface area contributed by atoms with E-state index < -0.39 is 17.8 Å². The maximum atomic E-state index is 12.1. The standard InChI is InChI=1S/C13H14N2O4/c1-7(4-12(17)18)13(19)15-10-3-2-9(14)5-8(10)6-11(15)16/h2-3,5,7H,4,6,14H2,1H3,(H,17,18). The Kier molecular flexibility index (Phi) is 3.25. The van der Waals surface area contributed by atoms with Crippen LogP contribution in [0.4, 0.5) is 11.4 Å². The zero-order valence-electron chi connectivity index (χ0n) is 10.4. The van der Waals surface area contributed by atoms with Gasteiger partial charge < -0.3 is 10.8 Å². The molecule has 1 aromatic carbocycles. The van der Waals surface area contributed by atoms with Gasteiger partial charge >= 0.3 is 5.97 Å². The summed E-state index contributed by atoms with van der Waals surface area (Å²) in [6, 6.07) is 4.88. The fourth-order valence-corrected chi connectivity index (χ4v) is 2.15. The minimum atomic E-state index is -1.06. The van der Waals surface area contributed by atoms with Crippen molar-refractivity contribution in [3.8, 4) is 0 Å². The van der Waals surface area contributed by atoms with Gasteiger partial charge in [0, 0.05) is 11.6 Å². The van der Waals surface area contributed by atoms with Gasteiger partial charge in [0.25, 0.3) is 0 Å². The second-order valence-electron chi connectivity index (χ2n) is 4.63. The van der Waals surface area contributed by atoms with Crippen LogP contribution >= 0.6 is 0 Å². The minimum Gasteiger partial charge on any atom is -0.481 e. The van der Waals surface area contributed by atoms with E-state index in [0.717, 1.165) is 4.90 Å². The Balaban J connectivity index is 2.29. The van der Waals surface area contributed by atoms with Crippen molar-refractivity contribution in [2.75, 3.05) is 10.6 Å². The number of aliphatic carboxylic acids is 1. The van der Waals surface area contributed by atoms with Crippen LogP contribution in [-0.4, -0.2) is 22.9 Å². The Morgan fingerprint density at radius 1 is 1.47 bits per heavy atom. The Morgan fingerprint density at radius 2 is 2.16 bits per heavy atom. The number of hydrogen-bond acceptors (Lipinski definition) is 4. The normalized spacial score (nSPS) is 15.2. The predicted octanol–water partition coefficient (Wildman–Crippen LogP) is 0.795. The van der Waals surface area contributed by atoms with Crippen molar-refractivity contribution >= 4 is 29.2 Å². The van der Waals surface area contributed by atoms with Gasteiger partial charge in [-0.15, -0.1) is 0 Å². The molecular weight excluding hydrogens is 248 g/mol. The second kappa shape index (κ2) is 4.72. The summed E-state index contributed by atoms with van der Waals surface area (Å²) in [5.41, 5.74) is 7.35. The third kappa shape index (κ3) is 2.42. The number of fused-ring (bicyclic) bond motifs is 1. The number of carbonyl (C=O) groups excluding carboxylic acids is 2. The number of nitrogen functional groups attached to an aromatic ring is 1. The molecule has 0 aliphatic carbocycles. The van der Waals surface area contributed by atoms with Crippen molar-refractivity contribution in [2.45, 2.75) is 19.8 Å². The van der Waals surface area contributed by atoms with E-state index in [1.807, 2.05) is 0 Å². The van der Waals surface area contributed by atoms with Crippen molar-refractivity contribution < 1.29 is 19.5 Å². The zero-order valence-corrected chi connectivity index (χ0v) is 10.4. The SMILES string of the molecule is CC(CC(=O)O)C(=O)N1C(=O)Cc2cc(N)ccc21. The highest BCUT2D eigenvalue weighted by Gasteiger charge is 2.35. The zero-order chi connectivity index (χ0) is 14.2. The molecule has 6 heteroatoms. The number of nitrogens with zero attached hydrogens (tertiary/aromatic N) is 1. The fraction of sp³-hybridized carbons (Fsp3) is 0.308. The lowest BCUT2D eigenvalue weighted by Crippen LogP contribution is -2.38. The van der Waals surface area contributed by atoms with Gasteiger partial charge in [-0.3, -0.25) is 14.4 Å². The Bertz CT molecular complexity index is 568. The topological polar surface area (TPSA) is 101 Å². The molecule has 0 saturated heterocycles. The molecule has 0 radical (unpaired) electrons. The predicted molar refractivity (Wildman–Crippen MR) is 68.5 cm³/mol. The van der Waals surface area contributed by atoms with E-state index in [0.29, 0.717) is 16.9 Å². The monoisotopic (exact) mass is 262 g/mol. The highest BCUT2D eigenvalue weighted by molar-refractivity contribution is 6.20. The van der Waals surface area contributed by atoms with Crippen LogP contribution in [0.25, 0.3) is 0 Å². The molecule has 1 heterocycles. The number of carboxylic acid groups (broad SMARTS) is 1. The molecule has 6 nitrogen and oxygen atoms in total. The number of hydrogen-bond donors (Lipinski definition) is 2.